The number of hydrogen-bond acceptors (Lipinski definition) is 4. The predicted octanol–water partition coefficient (Wildman–Crippen LogP) is 1.35. The second kappa shape index (κ2) is 4.99. The number of aliphatic hydroxyl groups excluding tert-OH is 1. The van der Waals surface area contributed by atoms with E-state index in [1.165, 1.54) is 11.3 Å². The molecule has 0 amide bonds. The fourth-order valence-corrected chi connectivity index (χ4v) is 1.82. The smallest absolute Gasteiger partial charge is 0.311 e. The molecule has 0 spiro atoms. The van der Waals surface area contributed by atoms with Gasteiger partial charge in [-0.05, 0) is 19.1 Å². The third kappa shape index (κ3) is 3.16. The van der Waals surface area contributed by atoms with Gasteiger partial charge in [-0.1, -0.05) is 0 Å². The molecule has 1 rings (SSSR count). The molecule has 0 atom stereocenters. The molecule has 0 unspecified atom stereocenters. The van der Waals surface area contributed by atoms with Gasteiger partial charge in [0.2, 0.25) is 0 Å². The molecule has 0 bridgehead atoms. The van der Waals surface area contributed by atoms with E-state index >= 15 is 0 Å². The monoisotopic (exact) mass is 200 g/mol. The molecular formula is C9H12O3S. The minimum atomic E-state index is -0.214. The average Bonchev–Trinajstić information content (AvgIpc) is 2.52. The summed E-state index contributed by atoms with van der Waals surface area (Å²) in [6, 6.07) is 3.66. The molecule has 0 radical (unpaired) electrons. The van der Waals surface area contributed by atoms with E-state index < -0.39 is 0 Å². The Labute approximate surface area is 81.0 Å². The van der Waals surface area contributed by atoms with E-state index in [2.05, 4.69) is 0 Å². The van der Waals surface area contributed by atoms with Crippen LogP contribution in [-0.2, 0) is 22.6 Å². The summed E-state index contributed by atoms with van der Waals surface area (Å²) < 4.78 is 4.79. The van der Waals surface area contributed by atoms with Gasteiger partial charge < -0.3 is 9.84 Å². The van der Waals surface area contributed by atoms with Crippen molar-refractivity contribution in [2.75, 3.05) is 6.61 Å². The Balaban J connectivity index is 2.49. The van der Waals surface area contributed by atoms with Crippen molar-refractivity contribution < 1.29 is 14.6 Å². The molecule has 3 nitrogen and oxygen atoms in total. The molecule has 13 heavy (non-hydrogen) atoms. The Hall–Kier alpha value is -0.870. The van der Waals surface area contributed by atoms with Gasteiger partial charge >= 0.3 is 5.97 Å². The van der Waals surface area contributed by atoms with Gasteiger partial charge in [-0.3, -0.25) is 4.79 Å². The SMILES string of the molecule is CCOC(=O)Cc1ccc(CO)s1. The first kappa shape index (κ1) is 10.2. The number of thiophene rings is 1. The zero-order chi connectivity index (χ0) is 9.68. The highest BCUT2D eigenvalue weighted by Gasteiger charge is 2.06. The lowest BCUT2D eigenvalue weighted by Gasteiger charge is -1.98. The number of carbonyl (C=O) groups is 1. The number of ether oxygens (including phenoxy) is 1. The van der Waals surface area contributed by atoms with Crippen molar-refractivity contribution in [1.29, 1.82) is 0 Å². The summed E-state index contributed by atoms with van der Waals surface area (Å²) in [5.41, 5.74) is 0. The molecule has 1 aromatic heterocycles. The second-order valence-corrected chi connectivity index (χ2v) is 3.76. The topological polar surface area (TPSA) is 46.5 Å². The van der Waals surface area contributed by atoms with Gasteiger partial charge in [0.15, 0.2) is 0 Å². The van der Waals surface area contributed by atoms with Crippen molar-refractivity contribution in [3.8, 4) is 0 Å². The van der Waals surface area contributed by atoms with Crippen molar-refractivity contribution in [3.05, 3.63) is 21.9 Å². The van der Waals surface area contributed by atoms with Crippen LogP contribution in [0.5, 0.6) is 0 Å². The van der Waals surface area contributed by atoms with E-state index in [1.54, 1.807) is 6.92 Å². The summed E-state index contributed by atoms with van der Waals surface area (Å²) in [7, 11) is 0. The fraction of sp³-hybridized carbons (Fsp3) is 0.444. The number of carbonyl (C=O) groups excluding carboxylic acids is 1. The first-order valence-corrected chi connectivity index (χ1v) is 4.92. The minimum absolute atomic E-state index is 0.0352. The lowest BCUT2D eigenvalue weighted by Crippen LogP contribution is -2.06. The predicted molar refractivity (Wildman–Crippen MR) is 50.6 cm³/mol. The highest BCUT2D eigenvalue weighted by molar-refractivity contribution is 7.12. The molecule has 0 saturated carbocycles. The van der Waals surface area contributed by atoms with Gasteiger partial charge in [0.1, 0.15) is 0 Å². The number of aliphatic hydroxyl groups is 1. The van der Waals surface area contributed by atoms with Gasteiger partial charge in [0.05, 0.1) is 19.6 Å². The molecular weight excluding hydrogens is 188 g/mol. The highest BCUT2D eigenvalue weighted by atomic mass is 32.1. The van der Waals surface area contributed by atoms with Gasteiger partial charge in [0.25, 0.3) is 0 Å². The minimum Gasteiger partial charge on any atom is -0.466 e. The van der Waals surface area contributed by atoms with Crippen molar-refractivity contribution >= 4 is 17.3 Å². The maximum Gasteiger partial charge on any atom is 0.311 e. The normalized spacial score (nSPS) is 10.0. The Morgan fingerprint density at radius 2 is 2.23 bits per heavy atom. The van der Waals surface area contributed by atoms with Gasteiger partial charge in [-0.25, -0.2) is 0 Å². The van der Waals surface area contributed by atoms with E-state index in [4.69, 9.17) is 9.84 Å². The first-order valence-electron chi connectivity index (χ1n) is 4.10. The van der Waals surface area contributed by atoms with Crippen molar-refractivity contribution in [2.24, 2.45) is 0 Å². The van der Waals surface area contributed by atoms with Crippen molar-refractivity contribution in [1.82, 2.24) is 0 Å². The van der Waals surface area contributed by atoms with Crippen LogP contribution in [0.2, 0.25) is 0 Å². The van der Waals surface area contributed by atoms with Crippen molar-refractivity contribution in [3.63, 3.8) is 0 Å². The molecule has 1 N–H and O–H groups in total. The lowest BCUT2D eigenvalue weighted by atomic mass is 10.3. The molecule has 1 aromatic rings. The van der Waals surface area contributed by atoms with Crippen LogP contribution in [0.3, 0.4) is 0 Å². The van der Waals surface area contributed by atoms with Crippen molar-refractivity contribution in [2.45, 2.75) is 20.0 Å². The van der Waals surface area contributed by atoms with Gasteiger partial charge in [-0.15, -0.1) is 11.3 Å². The Morgan fingerprint density at radius 1 is 1.54 bits per heavy atom. The Bertz CT molecular complexity index is 280. The number of rotatable bonds is 4. The van der Waals surface area contributed by atoms with Crippen LogP contribution in [0.25, 0.3) is 0 Å². The number of hydrogen-bond donors (Lipinski definition) is 1. The Kier molecular flexibility index (Phi) is 3.92. The lowest BCUT2D eigenvalue weighted by molar-refractivity contribution is -0.142. The maximum absolute atomic E-state index is 11.0. The van der Waals surface area contributed by atoms with E-state index in [1.807, 2.05) is 12.1 Å². The van der Waals surface area contributed by atoms with E-state index in [0.29, 0.717) is 13.0 Å². The molecule has 0 aliphatic heterocycles. The molecule has 72 valence electrons. The molecule has 4 heteroatoms. The standard InChI is InChI=1S/C9H12O3S/c1-2-12-9(11)5-7-3-4-8(6-10)13-7/h3-4,10H,2,5-6H2,1H3. The zero-order valence-electron chi connectivity index (χ0n) is 7.45. The highest BCUT2D eigenvalue weighted by Crippen LogP contribution is 2.16. The molecule has 0 fully saturated rings. The second-order valence-electron chi connectivity index (χ2n) is 2.51. The van der Waals surface area contributed by atoms with Crippen LogP contribution in [0.1, 0.15) is 16.7 Å². The summed E-state index contributed by atoms with van der Waals surface area (Å²) in [5.74, 6) is -0.214. The third-order valence-corrected chi connectivity index (χ3v) is 2.57. The third-order valence-electron chi connectivity index (χ3n) is 1.50. The largest absolute Gasteiger partial charge is 0.466 e. The van der Waals surface area contributed by atoms with E-state index in [0.717, 1.165) is 9.75 Å². The van der Waals surface area contributed by atoms with Gasteiger partial charge in [0, 0.05) is 9.75 Å². The number of esters is 1. The van der Waals surface area contributed by atoms with Crippen LogP contribution < -0.4 is 0 Å². The first-order chi connectivity index (χ1) is 6.26. The zero-order valence-corrected chi connectivity index (χ0v) is 8.26. The average molecular weight is 200 g/mol. The van der Waals surface area contributed by atoms with E-state index in [9.17, 15) is 4.79 Å². The summed E-state index contributed by atoms with van der Waals surface area (Å²) >= 11 is 1.44. The van der Waals surface area contributed by atoms with E-state index in [-0.39, 0.29) is 12.6 Å². The molecule has 1 heterocycles. The molecule has 0 saturated heterocycles. The fourth-order valence-electron chi connectivity index (χ4n) is 0.957. The molecule has 0 aliphatic rings. The summed E-state index contributed by atoms with van der Waals surface area (Å²) in [6.07, 6.45) is 0.304. The molecule has 0 aliphatic carbocycles. The van der Waals surface area contributed by atoms with Crippen LogP contribution in [0, 0.1) is 0 Å². The Morgan fingerprint density at radius 3 is 2.77 bits per heavy atom. The maximum atomic E-state index is 11.0. The van der Waals surface area contributed by atoms with Crippen LogP contribution in [0.4, 0.5) is 0 Å². The van der Waals surface area contributed by atoms with Crippen LogP contribution in [0.15, 0.2) is 12.1 Å². The molecule has 0 aromatic carbocycles. The summed E-state index contributed by atoms with van der Waals surface area (Å²) in [5, 5.41) is 8.78. The van der Waals surface area contributed by atoms with Crippen LogP contribution >= 0.6 is 11.3 Å². The summed E-state index contributed by atoms with van der Waals surface area (Å²) in [4.78, 5) is 12.8. The quantitative estimate of drug-likeness (QED) is 0.746. The van der Waals surface area contributed by atoms with Gasteiger partial charge in [-0.2, -0.15) is 0 Å². The summed E-state index contributed by atoms with van der Waals surface area (Å²) in [6.45, 7) is 2.23. The van der Waals surface area contributed by atoms with Crippen LogP contribution in [-0.4, -0.2) is 17.7 Å².